The van der Waals surface area contributed by atoms with Gasteiger partial charge in [-0.2, -0.15) is 0 Å². The average Bonchev–Trinajstić information content (AvgIpc) is 2.65. The lowest BCUT2D eigenvalue weighted by Crippen LogP contribution is -1.96. The zero-order valence-electron chi connectivity index (χ0n) is 15.0. The van der Waals surface area contributed by atoms with Gasteiger partial charge in [-0.3, -0.25) is 0 Å². The number of hydrogen-bond donors (Lipinski definition) is 4. The Morgan fingerprint density at radius 3 is 2.14 bits per heavy atom. The zero-order chi connectivity index (χ0) is 20.8. The Kier molecular flexibility index (Phi) is 6.28. The van der Waals surface area contributed by atoms with Gasteiger partial charge in [-0.1, -0.05) is 6.07 Å². The van der Waals surface area contributed by atoms with Crippen molar-refractivity contribution in [3.05, 3.63) is 47.5 Å². The van der Waals surface area contributed by atoms with Gasteiger partial charge < -0.3 is 29.9 Å². The second-order valence-corrected chi connectivity index (χ2v) is 5.54. The lowest BCUT2D eigenvalue weighted by molar-refractivity contribution is -0.132. The van der Waals surface area contributed by atoms with Crippen LogP contribution in [0.3, 0.4) is 0 Å². The van der Waals surface area contributed by atoms with Crippen LogP contribution >= 0.6 is 0 Å². The fourth-order valence-corrected chi connectivity index (χ4v) is 2.61. The van der Waals surface area contributed by atoms with Crippen LogP contribution in [0, 0.1) is 0 Å². The molecule has 0 aliphatic heterocycles. The van der Waals surface area contributed by atoms with Crippen molar-refractivity contribution in [3.63, 3.8) is 0 Å². The van der Waals surface area contributed by atoms with Crippen molar-refractivity contribution in [2.75, 3.05) is 14.2 Å². The van der Waals surface area contributed by atoms with Crippen LogP contribution in [0.25, 0.3) is 23.3 Å². The average molecular weight is 386 g/mol. The Labute approximate surface area is 160 Å². The van der Waals surface area contributed by atoms with E-state index in [2.05, 4.69) is 0 Å². The standard InChI is InChI=1S/C20H18O8/c1-27-15-10-11(3-7-16(22)23)9-13(19(15)26)18-12(5-8-17(24)25)4-6-14(21)20(18)28-2/h3-10,21,26H,1-2H3,(H,22,23)(H,24,25). The fraction of sp³-hybridized carbons (Fsp3) is 0.100. The van der Waals surface area contributed by atoms with E-state index in [0.717, 1.165) is 12.2 Å². The van der Waals surface area contributed by atoms with Gasteiger partial charge in [0.05, 0.1) is 14.2 Å². The van der Waals surface area contributed by atoms with Crippen LogP contribution in [0.2, 0.25) is 0 Å². The number of benzene rings is 2. The summed E-state index contributed by atoms with van der Waals surface area (Å²) in [7, 11) is 2.64. The number of phenolic OH excluding ortho intramolecular Hbond substituents is 2. The first kappa shape index (κ1) is 20.4. The summed E-state index contributed by atoms with van der Waals surface area (Å²) in [6, 6.07) is 5.68. The van der Waals surface area contributed by atoms with E-state index in [-0.39, 0.29) is 34.1 Å². The summed E-state index contributed by atoms with van der Waals surface area (Å²) >= 11 is 0. The number of ether oxygens (including phenoxy) is 2. The van der Waals surface area contributed by atoms with E-state index in [0.29, 0.717) is 11.1 Å². The molecule has 0 atom stereocenters. The SMILES string of the molecule is COc1cc(C=CC(=O)O)cc(-c2c(C=CC(=O)O)ccc(O)c2OC)c1O. The Morgan fingerprint density at radius 1 is 0.929 bits per heavy atom. The third kappa shape index (κ3) is 4.42. The lowest BCUT2D eigenvalue weighted by Gasteiger charge is -2.17. The molecule has 0 fully saturated rings. The summed E-state index contributed by atoms with van der Waals surface area (Å²) in [5.41, 5.74) is 1.10. The second kappa shape index (κ2) is 8.63. The summed E-state index contributed by atoms with van der Waals surface area (Å²) in [5.74, 6) is -2.80. The summed E-state index contributed by atoms with van der Waals surface area (Å²) in [4.78, 5) is 21.7. The molecule has 4 N–H and O–H groups in total. The molecule has 0 amide bonds. The van der Waals surface area contributed by atoms with Gasteiger partial charge in [0.2, 0.25) is 0 Å². The Hall–Kier alpha value is -3.94. The van der Waals surface area contributed by atoms with Gasteiger partial charge in [0.25, 0.3) is 0 Å². The van der Waals surface area contributed by atoms with E-state index < -0.39 is 11.9 Å². The molecular formula is C20H18O8. The van der Waals surface area contributed by atoms with E-state index in [1.807, 2.05) is 0 Å². The number of rotatable bonds is 7. The molecule has 0 aliphatic rings. The van der Waals surface area contributed by atoms with E-state index in [9.17, 15) is 19.8 Å². The van der Waals surface area contributed by atoms with Crippen LogP contribution in [0.5, 0.6) is 23.0 Å². The number of carboxylic acids is 2. The molecule has 0 unspecified atom stereocenters. The molecule has 2 rings (SSSR count). The highest BCUT2D eigenvalue weighted by atomic mass is 16.5. The molecule has 2 aromatic rings. The third-order valence-electron chi connectivity index (χ3n) is 3.78. The highest BCUT2D eigenvalue weighted by Gasteiger charge is 2.20. The molecule has 28 heavy (non-hydrogen) atoms. The number of methoxy groups -OCH3 is 2. The molecule has 146 valence electrons. The van der Waals surface area contributed by atoms with Crippen molar-refractivity contribution < 1.29 is 39.5 Å². The van der Waals surface area contributed by atoms with Crippen molar-refractivity contribution in [2.24, 2.45) is 0 Å². The number of aliphatic carboxylic acids is 2. The quantitative estimate of drug-likeness (QED) is 0.534. The summed E-state index contributed by atoms with van der Waals surface area (Å²) in [6.45, 7) is 0. The van der Waals surface area contributed by atoms with Crippen LogP contribution in [0.15, 0.2) is 36.4 Å². The molecule has 0 aliphatic carbocycles. The van der Waals surface area contributed by atoms with Gasteiger partial charge in [0, 0.05) is 23.3 Å². The van der Waals surface area contributed by atoms with Crippen molar-refractivity contribution in [2.45, 2.75) is 0 Å². The monoisotopic (exact) mass is 386 g/mol. The largest absolute Gasteiger partial charge is 0.504 e. The number of phenols is 2. The molecule has 0 heterocycles. The Morgan fingerprint density at radius 2 is 1.57 bits per heavy atom. The number of aromatic hydroxyl groups is 2. The van der Waals surface area contributed by atoms with Crippen LogP contribution in [-0.2, 0) is 9.59 Å². The minimum absolute atomic E-state index is 0.00394. The Bertz CT molecular complexity index is 973. The summed E-state index contributed by atoms with van der Waals surface area (Å²) in [5, 5.41) is 38.5. The number of carboxylic acid groups (broad SMARTS) is 2. The highest BCUT2D eigenvalue weighted by molar-refractivity contribution is 5.93. The normalized spacial score (nSPS) is 11.1. The van der Waals surface area contributed by atoms with Crippen molar-refractivity contribution in [3.8, 4) is 34.1 Å². The lowest BCUT2D eigenvalue weighted by atomic mass is 9.94. The smallest absolute Gasteiger partial charge is 0.328 e. The Balaban J connectivity index is 2.84. The molecule has 0 saturated heterocycles. The van der Waals surface area contributed by atoms with Gasteiger partial charge in [-0.05, 0) is 41.5 Å². The van der Waals surface area contributed by atoms with Gasteiger partial charge >= 0.3 is 11.9 Å². The van der Waals surface area contributed by atoms with Crippen LogP contribution in [0.1, 0.15) is 11.1 Å². The van der Waals surface area contributed by atoms with Gasteiger partial charge in [-0.15, -0.1) is 0 Å². The molecule has 0 bridgehead atoms. The summed E-state index contributed by atoms with van der Waals surface area (Å²) in [6.07, 6.45) is 4.40. The first-order valence-electron chi connectivity index (χ1n) is 7.91. The maximum atomic E-state index is 10.9. The number of carbonyl (C=O) groups is 2. The zero-order valence-corrected chi connectivity index (χ0v) is 15.0. The molecule has 0 saturated carbocycles. The van der Waals surface area contributed by atoms with E-state index in [1.165, 1.54) is 50.6 Å². The molecule has 8 nitrogen and oxygen atoms in total. The van der Waals surface area contributed by atoms with Crippen LogP contribution in [-0.4, -0.2) is 46.6 Å². The van der Waals surface area contributed by atoms with Crippen molar-refractivity contribution in [1.82, 2.24) is 0 Å². The minimum Gasteiger partial charge on any atom is -0.504 e. The molecule has 2 aromatic carbocycles. The third-order valence-corrected chi connectivity index (χ3v) is 3.78. The summed E-state index contributed by atoms with van der Waals surface area (Å²) < 4.78 is 10.4. The van der Waals surface area contributed by atoms with Crippen molar-refractivity contribution in [1.29, 1.82) is 0 Å². The van der Waals surface area contributed by atoms with Gasteiger partial charge in [0.1, 0.15) is 0 Å². The molecule has 0 aromatic heterocycles. The maximum Gasteiger partial charge on any atom is 0.328 e. The van der Waals surface area contributed by atoms with E-state index >= 15 is 0 Å². The predicted molar refractivity (Wildman–Crippen MR) is 102 cm³/mol. The highest BCUT2D eigenvalue weighted by Crippen LogP contribution is 2.47. The second-order valence-electron chi connectivity index (χ2n) is 5.54. The molecule has 0 radical (unpaired) electrons. The van der Waals surface area contributed by atoms with E-state index in [1.54, 1.807) is 0 Å². The maximum absolute atomic E-state index is 10.9. The molecular weight excluding hydrogens is 368 g/mol. The fourth-order valence-electron chi connectivity index (χ4n) is 2.61. The first-order chi connectivity index (χ1) is 13.3. The van der Waals surface area contributed by atoms with Crippen molar-refractivity contribution >= 4 is 24.1 Å². The van der Waals surface area contributed by atoms with Crippen LogP contribution < -0.4 is 9.47 Å². The number of hydrogen-bond acceptors (Lipinski definition) is 6. The first-order valence-corrected chi connectivity index (χ1v) is 7.91. The molecule has 0 spiro atoms. The van der Waals surface area contributed by atoms with Gasteiger partial charge in [-0.25, -0.2) is 9.59 Å². The predicted octanol–water partition coefficient (Wildman–Crippen LogP) is 2.98. The minimum atomic E-state index is -1.18. The molecule has 8 heteroatoms. The van der Waals surface area contributed by atoms with Crippen LogP contribution in [0.4, 0.5) is 0 Å². The topological polar surface area (TPSA) is 134 Å². The van der Waals surface area contributed by atoms with Gasteiger partial charge in [0.15, 0.2) is 23.0 Å². The van der Waals surface area contributed by atoms with E-state index in [4.69, 9.17) is 19.7 Å².